The molecule has 5 heteroatoms. The molecule has 1 aliphatic heterocycles. The fourth-order valence-corrected chi connectivity index (χ4v) is 2.86. The summed E-state index contributed by atoms with van der Waals surface area (Å²) in [6.07, 6.45) is 0. The minimum absolute atomic E-state index is 0.0340. The Morgan fingerprint density at radius 2 is 1.80 bits per heavy atom. The van der Waals surface area contributed by atoms with E-state index in [1.165, 1.54) is 10.5 Å². The van der Waals surface area contributed by atoms with Crippen LogP contribution >= 0.6 is 0 Å². The lowest BCUT2D eigenvalue weighted by atomic mass is 10.0. The molecule has 0 unspecified atom stereocenters. The first-order valence-electron chi connectivity index (χ1n) is 8.40. The summed E-state index contributed by atoms with van der Waals surface area (Å²) in [5.74, 6) is 0.427. The highest BCUT2D eigenvalue weighted by atomic mass is 16.2. The summed E-state index contributed by atoms with van der Waals surface area (Å²) in [5, 5.41) is 2.78. The molecule has 0 atom stereocenters. The van der Waals surface area contributed by atoms with Crippen LogP contribution in [0.15, 0.2) is 42.5 Å². The number of carbonyl (C=O) groups is 2. The van der Waals surface area contributed by atoms with Gasteiger partial charge in [-0.1, -0.05) is 32.0 Å². The maximum absolute atomic E-state index is 12.8. The van der Waals surface area contributed by atoms with Gasteiger partial charge in [-0.3, -0.25) is 4.79 Å². The van der Waals surface area contributed by atoms with Crippen molar-refractivity contribution in [2.24, 2.45) is 0 Å². The number of anilines is 2. The number of nitrogens with one attached hydrogen (secondary N) is 1. The fourth-order valence-electron chi connectivity index (χ4n) is 2.86. The molecule has 0 saturated heterocycles. The largest absolute Gasteiger partial charge is 0.331 e. The quantitative estimate of drug-likeness (QED) is 0.918. The van der Waals surface area contributed by atoms with Crippen LogP contribution in [0.2, 0.25) is 0 Å². The van der Waals surface area contributed by atoms with E-state index >= 15 is 0 Å². The molecule has 0 aliphatic carbocycles. The number of urea groups is 1. The van der Waals surface area contributed by atoms with Crippen molar-refractivity contribution in [3.63, 3.8) is 0 Å². The summed E-state index contributed by atoms with van der Waals surface area (Å²) < 4.78 is 0. The summed E-state index contributed by atoms with van der Waals surface area (Å²) in [6.45, 7) is 4.85. The van der Waals surface area contributed by atoms with Crippen molar-refractivity contribution in [1.29, 1.82) is 0 Å². The van der Waals surface area contributed by atoms with Gasteiger partial charge in [0.05, 0.1) is 6.54 Å². The van der Waals surface area contributed by atoms with Crippen molar-refractivity contribution in [2.45, 2.75) is 26.3 Å². The Hall–Kier alpha value is -2.82. The first-order valence-corrected chi connectivity index (χ1v) is 8.40. The molecule has 0 saturated carbocycles. The average molecular weight is 337 g/mol. The molecule has 1 aliphatic rings. The monoisotopic (exact) mass is 337 g/mol. The van der Waals surface area contributed by atoms with Crippen LogP contribution < -0.4 is 10.2 Å². The summed E-state index contributed by atoms with van der Waals surface area (Å²) in [5.41, 5.74) is 4.39. The van der Waals surface area contributed by atoms with E-state index in [1.807, 2.05) is 24.3 Å². The van der Waals surface area contributed by atoms with Gasteiger partial charge in [-0.05, 0) is 41.3 Å². The lowest BCUT2D eigenvalue weighted by molar-refractivity contribution is 0.0996. The molecule has 0 fully saturated rings. The third kappa shape index (κ3) is 3.36. The normalized spacial score (nSPS) is 13.2. The van der Waals surface area contributed by atoms with Crippen molar-refractivity contribution in [3.8, 4) is 0 Å². The molecular weight excluding hydrogens is 314 g/mol. The Morgan fingerprint density at radius 3 is 2.40 bits per heavy atom. The van der Waals surface area contributed by atoms with E-state index in [4.69, 9.17) is 0 Å². The summed E-state index contributed by atoms with van der Waals surface area (Å²) >= 11 is 0. The van der Waals surface area contributed by atoms with Crippen LogP contribution in [-0.2, 0) is 6.54 Å². The van der Waals surface area contributed by atoms with Gasteiger partial charge in [-0.15, -0.1) is 0 Å². The van der Waals surface area contributed by atoms with Crippen LogP contribution in [0.3, 0.4) is 0 Å². The average Bonchev–Trinajstić information content (AvgIpc) is 2.91. The Balaban J connectivity index is 1.82. The molecule has 3 rings (SSSR count). The van der Waals surface area contributed by atoms with Crippen LogP contribution in [0.25, 0.3) is 0 Å². The molecule has 1 N–H and O–H groups in total. The minimum Gasteiger partial charge on any atom is -0.331 e. The third-order valence-corrected chi connectivity index (χ3v) is 4.44. The fraction of sp³-hybridized carbons (Fsp3) is 0.300. The smallest absolute Gasteiger partial charge is 0.321 e. The third-order valence-electron chi connectivity index (χ3n) is 4.44. The molecule has 130 valence electrons. The van der Waals surface area contributed by atoms with E-state index in [-0.39, 0.29) is 11.9 Å². The van der Waals surface area contributed by atoms with Gasteiger partial charge in [0.25, 0.3) is 5.91 Å². The van der Waals surface area contributed by atoms with Gasteiger partial charge in [-0.25, -0.2) is 4.79 Å². The molecule has 5 nitrogen and oxygen atoms in total. The van der Waals surface area contributed by atoms with Gasteiger partial charge < -0.3 is 15.1 Å². The zero-order chi connectivity index (χ0) is 18.1. The summed E-state index contributed by atoms with van der Waals surface area (Å²) in [7, 11) is 3.35. The number of benzene rings is 2. The molecule has 3 amide bonds. The van der Waals surface area contributed by atoms with Crippen LogP contribution in [0.5, 0.6) is 0 Å². The van der Waals surface area contributed by atoms with E-state index in [0.717, 1.165) is 11.3 Å². The maximum atomic E-state index is 12.8. The Bertz CT molecular complexity index is 810. The van der Waals surface area contributed by atoms with Crippen LogP contribution in [-0.4, -0.2) is 30.9 Å². The number of hydrogen-bond donors (Lipinski definition) is 1. The Morgan fingerprint density at radius 1 is 1.12 bits per heavy atom. The SMILES string of the molecule is CC(C)c1ccc(N2Cc3ccc(NC(=O)N(C)C)cc3C2=O)cc1. The highest BCUT2D eigenvalue weighted by Crippen LogP contribution is 2.31. The highest BCUT2D eigenvalue weighted by Gasteiger charge is 2.28. The van der Waals surface area contributed by atoms with Crippen molar-refractivity contribution in [2.75, 3.05) is 24.3 Å². The van der Waals surface area contributed by atoms with Crippen LogP contribution in [0.1, 0.15) is 41.3 Å². The highest BCUT2D eigenvalue weighted by molar-refractivity contribution is 6.10. The first-order chi connectivity index (χ1) is 11.9. The molecule has 0 aromatic heterocycles. The summed E-state index contributed by atoms with van der Waals surface area (Å²) in [6, 6.07) is 13.4. The van der Waals surface area contributed by atoms with Crippen molar-refractivity contribution in [3.05, 3.63) is 59.2 Å². The lowest BCUT2D eigenvalue weighted by Gasteiger charge is -2.16. The van der Waals surface area contributed by atoms with Gasteiger partial charge >= 0.3 is 6.03 Å². The van der Waals surface area contributed by atoms with E-state index in [9.17, 15) is 9.59 Å². The van der Waals surface area contributed by atoms with Gasteiger partial charge in [0.15, 0.2) is 0 Å². The van der Waals surface area contributed by atoms with Gasteiger partial charge in [0, 0.05) is 31.0 Å². The first kappa shape index (κ1) is 17.0. The predicted molar refractivity (Wildman–Crippen MR) is 100 cm³/mol. The number of hydrogen-bond acceptors (Lipinski definition) is 2. The van der Waals surface area contributed by atoms with E-state index in [2.05, 4.69) is 31.3 Å². The van der Waals surface area contributed by atoms with Gasteiger partial charge in [-0.2, -0.15) is 0 Å². The van der Waals surface area contributed by atoms with Crippen LogP contribution in [0, 0.1) is 0 Å². The summed E-state index contributed by atoms with van der Waals surface area (Å²) in [4.78, 5) is 27.8. The van der Waals surface area contributed by atoms with Crippen LogP contribution in [0.4, 0.5) is 16.2 Å². The Labute approximate surface area is 148 Å². The van der Waals surface area contributed by atoms with Crippen molar-refractivity contribution < 1.29 is 9.59 Å². The minimum atomic E-state index is -0.216. The maximum Gasteiger partial charge on any atom is 0.321 e. The zero-order valence-electron chi connectivity index (χ0n) is 15.0. The van der Waals surface area contributed by atoms with Crippen molar-refractivity contribution in [1.82, 2.24) is 4.90 Å². The van der Waals surface area contributed by atoms with E-state index < -0.39 is 0 Å². The van der Waals surface area contributed by atoms with E-state index in [1.54, 1.807) is 25.1 Å². The van der Waals surface area contributed by atoms with Gasteiger partial charge in [0.1, 0.15) is 0 Å². The molecule has 0 radical (unpaired) electrons. The molecule has 2 aromatic rings. The molecule has 0 spiro atoms. The predicted octanol–water partition coefficient (Wildman–Crippen LogP) is 4.06. The van der Waals surface area contributed by atoms with E-state index in [0.29, 0.717) is 23.7 Å². The molecular formula is C20H23N3O2. The van der Waals surface area contributed by atoms with Crippen molar-refractivity contribution >= 4 is 23.3 Å². The standard InChI is InChI=1S/C20H23N3O2/c1-13(2)14-6-9-17(10-7-14)23-12-15-5-8-16(11-18(15)19(23)24)21-20(25)22(3)4/h5-11,13H,12H2,1-4H3,(H,21,25). The zero-order valence-corrected chi connectivity index (χ0v) is 15.0. The molecule has 25 heavy (non-hydrogen) atoms. The second-order valence-corrected chi connectivity index (χ2v) is 6.83. The lowest BCUT2D eigenvalue weighted by Crippen LogP contribution is -2.27. The number of nitrogens with zero attached hydrogens (tertiary/aromatic N) is 2. The second kappa shape index (κ2) is 6.59. The van der Waals surface area contributed by atoms with Gasteiger partial charge in [0.2, 0.25) is 0 Å². The number of fused-ring (bicyclic) bond motifs is 1. The topological polar surface area (TPSA) is 52.7 Å². The second-order valence-electron chi connectivity index (χ2n) is 6.83. The number of carbonyl (C=O) groups excluding carboxylic acids is 2. The number of rotatable bonds is 3. The molecule has 0 bridgehead atoms. The molecule has 1 heterocycles. The Kier molecular flexibility index (Phi) is 4.49. The number of amides is 3. The molecule has 2 aromatic carbocycles.